The summed E-state index contributed by atoms with van der Waals surface area (Å²) in [5, 5.41) is 0. The third-order valence-electron chi connectivity index (χ3n) is 2.61. The molecular weight excluding hydrogens is 360 g/mol. The number of anilines is 1. The van der Waals surface area contributed by atoms with Gasteiger partial charge in [-0.1, -0.05) is 12.2 Å². The van der Waals surface area contributed by atoms with Crippen LogP contribution in [0.4, 0.5) is 23.2 Å². The normalized spacial score (nSPS) is 11.8. The number of rotatable bonds is 4. The second kappa shape index (κ2) is 6.26. The van der Waals surface area contributed by atoms with Crippen molar-refractivity contribution in [1.29, 1.82) is 0 Å². The zero-order valence-corrected chi connectivity index (χ0v) is 13.2. The molecule has 0 bridgehead atoms. The molecule has 2 N–H and O–H groups in total. The molecule has 20 heavy (non-hydrogen) atoms. The highest BCUT2D eigenvalue weighted by Crippen LogP contribution is 2.32. The van der Waals surface area contributed by atoms with Crippen molar-refractivity contribution < 1.29 is 17.6 Å². The predicted molar refractivity (Wildman–Crippen MR) is 78.5 cm³/mol. The highest BCUT2D eigenvalue weighted by Gasteiger charge is 2.33. The van der Waals surface area contributed by atoms with E-state index in [4.69, 9.17) is 18.0 Å². The highest BCUT2D eigenvalue weighted by atomic mass is 79.9. The fourth-order valence-electron chi connectivity index (χ4n) is 1.69. The van der Waals surface area contributed by atoms with E-state index in [0.29, 0.717) is 0 Å². The third kappa shape index (κ3) is 4.05. The average molecular weight is 373 g/mol. The maximum absolute atomic E-state index is 14.2. The van der Waals surface area contributed by atoms with Gasteiger partial charge >= 0.3 is 6.18 Å². The van der Waals surface area contributed by atoms with Crippen LogP contribution in [-0.4, -0.2) is 23.8 Å². The smallest absolute Gasteiger partial charge is 0.389 e. The molecule has 0 fully saturated rings. The number of hydrogen-bond donors (Lipinski definition) is 1. The van der Waals surface area contributed by atoms with E-state index in [9.17, 15) is 17.6 Å². The lowest BCUT2D eigenvalue weighted by atomic mass is 10.1. The van der Waals surface area contributed by atoms with E-state index in [1.807, 2.05) is 0 Å². The maximum atomic E-state index is 14.2. The Morgan fingerprint density at radius 1 is 1.40 bits per heavy atom. The molecule has 1 aromatic carbocycles. The van der Waals surface area contributed by atoms with Gasteiger partial charge in [0.05, 0.1) is 10.2 Å². The van der Waals surface area contributed by atoms with Gasteiger partial charge in [-0.15, -0.1) is 0 Å². The molecule has 0 atom stereocenters. The zero-order valence-electron chi connectivity index (χ0n) is 10.8. The van der Waals surface area contributed by atoms with E-state index >= 15 is 0 Å². The number of nitrogens with two attached hydrogens (primary N) is 1. The number of alkyl halides is 3. The monoisotopic (exact) mass is 372 g/mol. The second-order valence-corrected chi connectivity index (χ2v) is 5.69. The van der Waals surface area contributed by atoms with Gasteiger partial charge in [-0.3, -0.25) is 0 Å². The van der Waals surface area contributed by atoms with Crippen LogP contribution in [0.5, 0.6) is 0 Å². The number of benzene rings is 1. The minimum Gasteiger partial charge on any atom is -0.389 e. The Labute approximate surface area is 128 Å². The van der Waals surface area contributed by atoms with Crippen molar-refractivity contribution in [2.45, 2.75) is 26.1 Å². The Hall–Kier alpha value is -0.890. The van der Waals surface area contributed by atoms with Crippen LogP contribution in [0.1, 0.15) is 19.4 Å². The molecule has 1 rings (SSSR count). The summed E-state index contributed by atoms with van der Waals surface area (Å²) >= 11 is 7.72. The van der Waals surface area contributed by atoms with Gasteiger partial charge in [-0.25, -0.2) is 4.39 Å². The van der Waals surface area contributed by atoms with Gasteiger partial charge in [0, 0.05) is 11.6 Å². The van der Waals surface area contributed by atoms with Gasteiger partial charge in [-0.2, -0.15) is 13.2 Å². The summed E-state index contributed by atoms with van der Waals surface area (Å²) in [6.07, 6.45) is -4.43. The van der Waals surface area contributed by atoms with Crippen molar-refractivity contribution in [2.75, 3.05) is 11.4 Å². The molecule has 0 aliphatic heterocycles. The standard InChI is InChI=1S/C12H13BrF4N2S/c1-6(2)19(5-12(15,16)17)8-4-3-7(11(18)20)9(13)10(8)14/h3-4,6H,5H2,1-2H3,(H2,18,20). The zero-order chi connectivity index (χ0) is 15.7. The quantitative estimate of drug-likeness (QED) is 0.639. The molecule has 0 amide bonds. The molecule has 0 saturated heterocycles. The van der Waals surface area contributed by atoms with Crippen molar-refractivity contribution in [1.82, 2.24) is 0 Å². The van der Waals surface area contributed by atoms with Crippen molar-refractivity contribution in [3.05, 3.63) is 28.0 Å². The lowest BCUT2D eigenvalue weighted by Gasteiger charge is -2.30. The fourth-order valence-corrected chi connectivity index (χ4v) is 2.54. The first-order chi connectivity index (χ1) is 9.04. The van der Waals surface area contributed by atoms with Crippen LogP contribution < -0.4 is 10.6 Å². The van der Waals surface area contributed by atoms with Crippen molar-refractivity contribution in [3.63, 3.8) is 0 Å². The summed E-state index contributed by atoms with van der Waals surface area (Å²) in [4.78, 5) is 0.901. The number of hydrogen-bond acceptors (Lipinski definition) is 2. The maximum Gasteiger partial charge on any atom is 0.405 e. The van der Waals surface area contributed by atoms with E-state index in [2.05, 4.69) is 15.9 Å². The SMILES string of the molecule is CC(C)N(CC(F)(F)F)c1ccc(C(N)=S)c(Br)c1F. The summed E-state index contributed by atoms with van der Waals surface area (Å²) in [6.45, 7) is 1.88. The molecule has 0 aliphatic carbocycles. The fraction of sp³-hybridized carbons (Fsp3) is 0.417. The van der Waals surface area contributed by atoms with E-state index < -0.39 is 24.6 Å². The molecule has 0 spiro atoms. The Morgan fingerprint density at radius 2 is 1.95 bits per heavy atom. The van der Waals surface area contributed by atoms with E-state index in [1.54, 1.807) is 13.8 Å². The summed E-state index contributed by atoms with van der Waals surface area (Å²) in [7, 11) is 0. The molecule has 0 aromatic heterocycles. The number of halogens is 5. The second-order valence-electron chi connectivity index (χ2n) is 4.46. The van der Waals surface area contributed by atoms with Crippen LogP contribution in [0.2, 0.25) is 0 Å². The Bertz CT molecular complexity index is 517. The van der Waals surface area contributed by atoms with E-state index in [0.717, 1.165) is 4.90 Å². The van der Waals surface area contributed by atoms with E-state index in [-0.39, 0.29) is 20.7 Å². The third-order valence-corrected chi connectivity index (χ3v) is 3.60. The van der Waals surface area contributed by atoms with Gasteiger partial charge in [0.15, 0.2) is 5.82 Å². The lowest BCUT2D eigenvalue weighted by Crippen LogP contribution is -2.39. The van der Waals surface area contributed by atoms with Crippen LogP contribution in [0.15, 0.2) is 16.6 Å². The Balaban J connectivity index is 3.29. The lowest BCUT2D eigenvalue weighted by molar-refractivity contribution is -0.120. The van der Waals surface area contributed by atoms with Crippen LogP contribution in [0.25, 0.3) is 0 Å². The minimum atomic E-state index is -4.43. The van der Waals surface area contributed by atoms with Gasteiger partial charge in [-0.05, 0) is 41.9 Å². The molecule has 0 aliphatic rings. The molecule has 8 heteroatoms. The van der Waals surface area contributed by atoms with Crippen molar-refractivity contribution >= 4 is 38.8 Å². The average Bonchev–Trinajstić information content (AvgIpc) is 2.28. The highest BCUT2D eigenvalue weighted by molar-refractivity contribution is 9.10. The number of thiocarbonyl (C=S) groups is 1. The van der Waals surface area contributed by atoms with Crippen LogP contribution in [0, 0.1) is 5.82 Å². The summed E-state index contributed by atoms with van der Waals surface area (Å²) in [5.41, 5.74) is 5.51. The van der Waals surface area contributed by atoms with Gasteiger partial charge in [0.25, 0.3) is 0 Å². The van der Waals surface area contributed by atoms with E-state index in [1.165, 1.54) is 12.1 Å². The van der Waals surface area contributed by atoms with Crippen LogP contribution in [-0.2, 0) is 0 Å². The number of nitrogens with zero attached hydrogens (tertiary/aromatic N) is 1. The Kier molecular flexibility index (Phi) is 5.37. The molecule has 0 radical (unpaired) electrons. The van der Waals surface area contributed by atoms with Gasteiger partial charge in [0.2, 0.25) is 0 Å². The molecule has 0 heterocycles. The molecule has 0 unspecified atom stereocenters. The predicted octanol–water partition coefficient (Wildman–Crippen LogP) is 4.00. The van der Waals surface area contributed by atoms with Crippen molar-refractivity contribution in [2.24, 2.45) is 5.73 Å². The molecular formula is C12H13BrF4N2S. The summed E-state index contributed by atoms with van der Waals surface area (Å²) in [6, 6.07) is 2.13. The van der Waals surface area contributed by atoms with Crippen LogP contribution in [0.3, 0.4) is 0 Å². The topological polar surface area (TPSA) is 29.3 Å². The first-order valence-corrected chi connectivity index (χ1v) is 6.86. The summed E-state index contributed by atoms with van der Waals surface area (Å²) in [5.74, 6) is -0.812. The molecule has 1 aromatic rings. The molecule has 0 saturated carbocycles. The van der Waals surface area contributed by atoms with Gasteiger partial charge < -0.3 is 10.6 Å². The first kappa shape index (κ1) is 17.2. The minimum absolute atomic E-state index is 0.0321. The summed E-state index contributed by atoms with van der Waals surface area (Å²) < 4.78 is 51.9. The van der Waals surface area contributed by atoms with Gasteiger partial charge in [0.1, 0.15) is 11.5 Å². The molecule has 112 valence electrons. The van der Waals surface area contributed by atoms with Crippen molar-refractivity contribution in [3.8, 4) is 0 Å². The molecule has 2 nitrogen and oxygen atoms in total. The first-order valence-electron chi connectivity index (χ1n) is 5.65. The van der Waals surface area contributed by atoms with Crippen LogP contribution >= 0.6 is 28.1 Å². The Morgan fingerprint density at radius 3 is 2.35 bits per heavy atom. The largest absolute Gasteiger partial charge is 0.405 e.